The molecule has 0 aliphatic carbocycles. The minimum absolute atomic E-state index is 0.0443. The minimum atomic E-state index is -0.547. The van der Waals surface area contributed by atoms with Crippen LogP contribution in [0.1, 0.15) is 15.9 Å². The van der Waals surface area contributed by atoms with Crippen LogP contribution in [0, 0.1) is 10.1 Å². The number of para-hydroxylation sites is 1. The van der Waals surface area contributed by atoms with E-state index in [1.54, 1.807) is 6.07 Å². The van der Waals surface area contributed by atoms with Gasteiger partial charge in [0.25, 0.3) is 11.6 Å². The molecule has 8 heteroatoms. The van der Waals surface area contributed by atoms with Crippen LogP contribution >= 0.6 is 11.3 Å². The maximum Gasteiger partial charge on any atom is 0.270 e. The largest absolute Gasteiger partial charge is 0.508 e. The summed E-state index contributed by atoms with van der Waals surface area (Å²) in [5, 5.41) is 26.3. The number of nitrogens with one attached hydrogen (secondary N) is 1. The number of nitrogens with zero attached hydrogens (tertiary/aromatic N) is 2. The van der Waals surface area contributed by atoms with Gasteiger partial charge in [-0.2, -0.15) is 0 Å². The molecule has 2 aromatic heterocycles. The SMILES string of the molecule is O=C(NCc1cc([N+](=O)[O-])ccc1O)c1cc(-c2cccs2)nc2ccccc12. The van der Waals surface area contributed by atoms with Gasteiger partial charge < -0.3 is 10.4 Å². The van der Waals surface area contributed by atoms with Gasteiger partial charge in [-0.25, -0.2) is 4.98 Å². The summed E-state index contributed by atoms with van der Waals surface area (Å²) in [5.74, 6) is -0.470. The lowest BCUT2D eigenvalue weighted by Gasteiger charge is -2.11. The number of benzene rings is 2. The van der Waals surface area contributed by atoms with E-state index in [0.717, 1.165) is 4.88 Å². The van der Waals surface area contributed by atoms with Gasteiger partial charge in [-0.15, -0.1) is 11.3 Å². The fraction of sp³-hybridized carbons (Fsp3) is 0.0476. The zero-order valence-corrected chi connectivity index (χ0v) is 15.8. The first-order chi connectivity index (χ1) is 14.0. The van der Waals surface area contributed by atoms with E-state index >= 15 is 0 Å². The topological polar surface area (TPSA) is 105 Å². The second kappa shape index (κ2) is 7.69. The number of hydrogen-bond acceptors (Lipinski definition) is 6. The molecule has 7 nitrogen and oxygen atoms in total. The molecule has 0 aliphatic rings. The number of fused-ring (bicyclic) bond motifs is 1. The van der Waals surface area contributed by atoms with Crippen molar-refractivity contribution in [3.05, 3.63) is 87.3 Å². The zero-order valence-electron chi connectivity index (χ0n) is 15.0. The standard InChI is InChI=1S/C21H15N3O4S/c25-19-8-7-14(24(27)28)10-13(19)12-22-21(26)16-11-18(20-6-3-9-29-20)23-17-5-2-1-4-15(16)17/h1-11,25H,12H2,(H,22,26). The highest BCUT2D eigenvalue weighted by molar-refractivity contribution is 7.13. The van der Waals surface area contributed by atoms with Crippen LogP contribution in [0.2, 0.25) is 0 Å². The molecular formula is C21H15N3O4S. The third kappa shape index (κ3) is 3.78. The predicted octanol–water partition coefficient (Wildman–Crippen LogP) is 4.51. The fourth-order valence-electron chi connectivity index (χ4n) is 3.01. The molecule has 0 fully saturated rings. The van der Waals surface area contributed by atoms with E-state index in [-0.39, 0.29) is 29.5 Å². The molecule has 0 radical (unpaired) electrons. The van der Waals surface area contributed by atoms with E-state index in [0.29, 0.717) is 22.2 Å². The molecule has 4 aromatic rings. The first-order valence-corrected chi connectivity index (χ1v) is 9.59. The molecule has 2 N–H and O–H groups in total. The average molecular weight is 405 g/mol. The number of amides is 1. The molecule has 0 saturated heterocycles. The van der Waals surface area contributed by atoms with Crippen molar-refractivity contribution in [3.63, 3.8) is 0 Å². The van der Waals surface area contributed by atoms with Gasteiger partial charge in [0.05, 0.1) is 26.6 Å². The summed E-state index contributed by atoms with van der Waals surface area (Å²) < 4.78 is 0. The Bertz CT molecular complexity index is 1220. The first-order valence-electron chi connectivity index (χ1n) is 8.71. The maximum absolute atomic E-state index is 12.9. The van der Waals surface area contributed by atoms with Gasteiger partial charge >= 0.3 is 0 Å². The Morgan fingerprint density at radius 2 is 1.97 bits per heavy atom. The molecule has 1 amide bonds. The average Bonchev–Trinajstić information content (AvgIpc) is 3.27. The number of aromatic hydroxyl groups is 1. The van der Waals surface area contributed by atoms with Crippen LogP contribution < -0.4 is 5.32 Å². The van der Waals surface area contributed by atoms with Gasteiger partial charge in [0.1, 0.15) is 5.75 Å². The van der Waals surface area contributed by atoms with Crippen molar-refractivity contribution in [1.82, 2.24) is 10.3 Å². The van der Waals surface area contributed by atoms with Gasteiger partial charge in [0.2, 0.25) is 0 Å². The molecule has 144 valence electrons. The van der Waals surface area contributed by atoms with Crippen molar-refractivity contribution < 1.29 is 14.8 Å². The van der Waals surface area contributed by atoms with Gasteiger partial charge in [0.15, 0.2) is 0 Å². The molecule has 0 bridgehead atoms. The second-order valence-electron chi connectivity index (χ2n) is 6.30. The fourth-order valence-corrected chi connectivity index (χ4v) is 3.70. The minimum Gasteiger partial charge on any atom is -0.508 e. The highest BCUT2D eigenvalue weighted by Gasteiger charge is 2.16. The first kappa shape index (κ1) is 18.6. The van der Waals surface area contributed by atoms with Gasteiger partial charge in [-0.3, -0.25) is 14.9 Å². The van der Waals surface area contributed by atoms with E-state index in [1.807, 2.05) is 41.8 Å². The lowest BCUT2D eigenvalue weighted by Crippen LogP contribution is -2.23. The van der Waals surface area contributed by atoms with Crippen LogP contribution in [0.3, 0.4) is 0 Å². The summed E-state index contributed by atoms with van der Waals surface area (Å²) in [6, 6.07) is 16.6. The van der Waals surface area contributed by atoms with Crippen LogP contribution in [0.15, 0.2) is 66.0 Å². The van der Waals surface area contributed by atoms with Crippen LogP contribution in [-0.2, 0) is 6.54 Å². The van der Waals surface area contributed by atoms with Crippen LogP contribution in [0.4, 0.5) is 5.69 Å². The van der Waals surface area contributed by atoms with Crippen LogP contribution in [0.25, 0.3) is 21.5 Å². The number of carbonyl (C=O) groups is 1. The summed E-state index contributed by atoms with van der Waals surface area (Å²) in [5.41, 5.74) is 1.96. The van der Waals surface area contributed by atoms with Crippen molar-refractivity contribution in [1.29, 1.82) is 0 Å². The molecule has 2 aromatic carbocycles. The van der Waals surface area contributed by atoms with E-state index in [1.165, 1.54) is 29.5 Å². The number of phenols is 1. The van der Waals surface area contributed by atoms with Crippen molar-refractivity contribution in [2.24, 2.45) is 0 Å². The van der Waals surface area contributed by atoms with E-state index in [4.69, 9.17) is 0 Å². The molecular weight excluding hydrogens is 390 g/mol. The lowest BCUT2D eigenvalue weighted by atomic mass is 10.1. The Balaban J connectivity index is 1.67. The quantitative estimate of drug-likeness (QED) is 0.375. The van der Waals surface area contributed by atoms with E-state index in [9.17, 15) is 20.0 Å². The molecule has 4 rings (SSSR count). The van der Waals surface area contributed by atoms with E-state index < -0.39 is 4.92 Å². The smallest absolute Gasteiger partial charge is 0.270 e. The number of pyridine rings is 1. The van der Waals surface area contributed by atoms with Crippen molar-refractivity contribution in [2.75, 3.05) is 0 Å². The monoisotopic (exact) mass is 405 g/mol. The van der Waals surface area contributed by atoms with Gasteiger partial charge in [-0.1, -0.05) is 24.3 Å². The van der Waals surface area contributed by atoms with Crippen molar-refractivity contribution in [2.45, 2.75) is 6.54 Å². The summed E-state index contributed by atoms with van der Waals surface area (Å²) in [7, 11) is 0. The Morgan fingerprint density at radius 3 is 2.72 bits per heavy atom. The molecule has 0 saturated carbocycles. The van der Waals surface area contributed by atoms with E-state index in [2.05, 4.69) is 10.3 Å². The summed E-state index contributed by atoms with van der Waals surface area (Å²) in [4.78, 5) is 28.9. The Kier molecular flexibility index (Phi) is 4.92. The Morgan fingerprint density at radius 1 is 1.14 bits per heavy atom. The highest BCUT2D eigenvalue weighted by Crippen LogP contribution is 2.28. The van der Waals surface area contributed by atoms with Gasteiger partial charge in [-0.05, 0) is 29.6 Å². The normalized spacial score (nSPS) is 10.8. The van der Waals surface area contributed by atoms with Crippen molar-refractivity contribution in [3.8, 4) is 16.3 Å². The van der Waals surface area contributed by atoms with Crippen molar-refractivity contribution >= 4 is 33.8 Å². The second-order valence-corrected chi connectivity index (χ2v) is 7.25. The molecule has 2 heterocycles. The third-order valence-corrected chi connectivity index (χ3v) is 5.34. The van der Waals surface area contributed by atoms with Gasteiger partial charge in [0, 0.05) is 29.6 Å². The Hall–Kier alpha value is -3.78. The molecule has 0 atom stereocenters. The number of non-ortho nitro benzene ring substituents is 1. The number of carbonyl (C=O) groups excluding carboxylic acids is 1. The lowest BCUT2D eigenvalue weighted by molar-refractivity contribution is -0.384. The molecule has 0 aliphatic heterocycles. The number of phenolic OH excluding ortho intramolecular Hbond substituents is 1. The number of aromatic nitrogens is 1. The van der Waals surface area contributed by atoms with Crippen LogP contribution in [-0.4, -0.2) is 20.9 Å². The molecule has 29 heavy (non-hydrogen) atoms. The number of hydrogen-bond donors (Lipinski definition) is 2. The highest BCUT2D eigenvalue weighted by atomic mass is 32.1. The summed E-state index contributed by atoms with van der Waals surface area (Å²) in [6.45, 7) is -0.0443. The Labute approximate surface area is 169 Å². The summed E-state index contributed by atoms with van der Waals surface area (Å²) >= 11 is 1.53. The molecule has 0 unspecified atom stereocenters. The van der Waals surface area contributed by atoms with Crippen LogP contribution in [0.5, 0.6) is 5.75 Å². The third-order valence-electron chi connectivity index (χ3n) is 4.45. The number of rotatable bonds is 5. The molecule has 0 spiro atoms. The predicted molar refractivity (Wildman–Crippen MR) is 111 cm³/mol. The number of nitro benzene ring substituents is 1. The maximum atomic E-state index is 12.9. The summed E-state index contributed by atoms with van der Waals surface area (Å²) in [6.07, 6.45) is 0. The number of nitro groups is 1. The number of thiophene rings is 1. The zero-order chi connectivity index (χ0) is 20.4.